The van der Waals surface area contributed by atoms with Crippen molar-refractivity contribution in [2.45, 2.75) is 26.2 Å². The van der Waals surface area contributed by atoms with Crippen LogP contribution in [-0.4, -0.2) is 14.2 Å². The second-order valence-corrected chi connectivity index (χ2v) is 5.76. The average Bonchev–Trinajstić information content (AvgIpc) is 2.47. The quantitative estimate of drug-likeness (QED) is 0.845. The standard InChI is InChI=1S/C13H16BrN3O2/c1-7(2)6-8-4-5-9-11(15-10(8)14)17(3)13(19)16-12(9)18/h8H,1,4-6H2,2-3H3,(H,16,18,19). The fraction of sp³-hybridized carbons (Fsp3) is 0.462. The van der Waals surface area contributed by atoms with Crippen molar-refractivity contribution in [1.29, 1.82) is 0 Å². The van der Waals surface area contributed by atoms with E-state index >= 15 is 0 Å². The van der Waals surface area contributed by atoms with Crippen LogP contribution in [0.2, 0.25) is 0 Å². The number of nitrogens with one attached hydrogen (secondary N) is 1. The lowest BCUT2D eigenvalue weighted by molar-refractivity contribution is 0.628. The lowest BCUT2D eigenvalue weighted by Gasteiger charge is -2.12. The molecule has 0 radical (unpaired) electrons. The van der Waals surface area contributed by atoms with Crippen LogP contribution in [0.4, 0.5) is 5.82 Å². The number of aromatic nitrogens is 2. The fourth-order valence-electron chi connectivity index (χ4n) is 2.26. The molecule has 0 saturated heterocycles. The Morgan fingerprint density at radius 2 is 2.26 bits per heavy atom. The number of H-pyrrole nitrogens is 1. The van der Waals surface area contributed by atoms with Crippen molar-refractivity contribution in [1.82, 2.24) is 9.55 Å². The van der Waals surface area contributed by atoms with Gasteiger partial charge >= 0.3 is 5.69 Å². The summed E-state index contributed by atoms with van der Waals surface area (Å²) in [4.78, 5) is 30.2. The number of aromatic amines is 1. The predicted octanol–water partition coefficient (Wildman–Crippen LogP) is 2.03. The van der Waals surface area contributed by atoms with Gasteiger partial charge in [-0.3, -0.25) is 14.3 Å². The maximum Gasteiger partial charge on any atom is 0.329 e. The maximum atomic E-state index is 11.9. The summed E-state index contributed by atoms with van der Waals surface area (Å²) in [5, 5.41) is 0. The Morgan fingerprint density at radius 3 is 2.89 bits per heavy atom. The number of fused-ring (bicyclic) bond motifs is 1. The summed E-state index contributed by atoms with van der Waals surface area (Å²) in [6.45, 7) is 5.89. The third-order valence-corrected chi connectivity index (χ3v) is 4.10. The van der Waals surface area contributed by atoms with E-state index in [0.29, 0.717) is 17.8 Å². The van der Waals surface area contributed by atoms with Crippen LogP contribution in [0.5, 0.6) is 0 Å². The molecule has 1 unspecified atom stereocenters. The molecule has 6 heteroatoms. The van der Waals surface area contributed by atoms with Gasteiger partial charge in [-0.2, -0.15) is 0 Å². The molecule has 5 nitrogen and oxygen atoms in total. The molecular weight excluding hydrogens is 310 g/mol. The minimum absolute atomic E-state index is 0.208. The SMILES string of the molecule is C=C(C)CC1CCc2c(n(C)c(=O)[nH]c2=O)N=C1Br. The third-order valence-electron chi connectivity index (χ3n) is 3.27. The average molecular weight is 326 g/mol. The van der Waals surface area contributed by atoms with Gasteiger partial charge < -0.3 is 0 Å². The molecule has 0 fully saturated rings. The van der Waals surface area contributed by atoms with Crippen LogP contribution in [0.1, 0.15) is 25.3 Å². The first-order chi connectivity index (χ1) is 8.90. The minimum atomic E-state index is -0.439. The van der Waals surface area contributed by atoms with E-state index in [2.05, 4.69) is 32.5 Å². The van der Waals surface area contributed by atoms with Gasteiger partial charge in [-0.15, -0.1) is 6.58 Å². The highest BCUT2D eigenvalue weighted by molar-refractivity contribution is 9.18. The van der Waals surface area contributed by atoms with Crippen molar-refractivity contribution in [2.24, 2.45) is 18.0 Å². The van der Waals surface area contributed by atoms with E-state index in [4.69, 9.17) is 0 Å². The number of nitrogens with zero attached hydrogens (tertiary/aromatic N) is 2. The Balaban J connectivity index is 2.54. The molecule has 1 atom stereocenters. The second kappa shape index (κ2) is 5.28. The summed E-state index contributed by atoms with van der Waals surface area (Å²) in [5.41, 5.74) is 0.874. The van der Waals surface area contributed by atoms with Crippen LogP contribution in [0.3, 0.4) is 0 Å². The first-order valence-electron chi connectivity index (χ1n) is 6.10. The van der Waals surface area contributed by atoms with Crippen molar-refractivity contribution in [3.8, 4) is 0 Å². The summed E-state index contributed by atoms with van der Waals surface area (Å²) >= 11 is 3.47. The van der Waals surface area contributed by atoms with Gasteiger partial charge in [0.05, 0.1) is 10.2 Å². The van der Waals surface area contributed by atoms with Gasteiger partial charge in [0.1, 0.15) is 5.82 Å². The monoisotopic (exact) mass is 325 g/mol. The highest BCUT2D eigenvalue weighted by Crippen LogP contribution is 2.29. The zero-order valence-electron chi connectivity index (χ0n) is 11.0. The first-order valence-corrected chi connectivity index (χ1v) is 6.90. The van der Waals surface area contributed by atoms with Crippen LogP contribution in [0.15, 0.2) is 26.7 Å². The molecule has 1 N–H and O–H groups in total. The van der Waals surface area contributed by atoms with Gasteiger partial charge in [0.15, 0.2) is 0 Å². The largest absolute Gasteiger partial charge is 0.329 e. The van der Waals surface area contributed by atoms with Crippen LogP contribution < -0.4 is 11.2 Å². The Hall–Kier alpha value is -1.43. The topological polar surface area (TPSA) is 67.2 Å². The molecule has 1 aliphatic rings. The Kier molecular flexibility index (Phi) is 3.89. The molecule has 1 aromatic heterocycles. The number of allylic oxidation sites excluding steroid dienone is 1. The van der Waals surface area contributed by atoms with E-state index in [9.17, 15) is 9.59 Å². The van der Waals surface area contributed by atoms with E-state index < -0.39 is 5.69 Å². The van der Waals surface area contributed by atoms with E-state index in [1.807, 2.05) is 6.92 Å². The van der Waals surface area contributed by atoms with E-state index in [0.717, 1.165) is 23.0 Å². The summed E-state index contributed by atoms with van der Waals surface area (Å²) in [6.07, 6.45) is 2.24. The van der Waals surface area contributed by atoms with Crippen molar-refractivity contribution in [3.63, 3.8) is 0 Å². The number of rotatable bonds is 2. The summed E-state index contributed by atoms with van der Waals surface area (Å²) in [7, 11) is 1.61. The van der Waals surface area contributed by atoms with Crippen molar-refractivity contribution in [2.75, 3.05) is 0 Å². The third kappa shape index (κ3) is 2.78. The zero-order chi connectivity index (χ0) is 14.2. The minimum Gasteiger partial charge on any atom is -0.281 e. The highest BCUT2D eigenvalue weighted by atomic mass is 79.9. The molecule has 2 rings (SSSR count). The first kappa shape index (κ1) is 14.0. The summed E-state index contributed by atoms with van der Waals surface area (Å²) in [6, 6.07) is 0. The molecule has 102 valence electrons. The second-order valence-electron chi connectivity index (χ2n) is 4.95. The molecule has 0 aromatic carbocycles. The van der Waals surface area contributed by atoms with Crippen LogP contribution in [0.25, 0.3) is 0 Å². The van der Waals surface area contributed by atoms with Gasteiger partial charge in [0.25, 0.3) is 5.56 Å². The van der Waals surface area contributed by atoms with Gasteiger partial charge in [0.2, 0.25) is 0 Å². The van der Waals surface area contributed by atoms with Gasteiger partial charge in [-0.25, -0.2) is 9.79 Å². The molecule has 19 heavy (non-hydrogen) atoms. The number of hydrogen-bond donors (Lipinski definition) is 1. The molecule has 2 heterocycles. The van der Waals surface area contributed by atoms with Gasteiger partial charge in [-0.1, -0.05) is 5.57 Å². The normalized spacial score (nSPS) is 18.5. The molecule has 1 aliphatic heterocycles. The Labute approximate surface area is 119 Å². The molecular formula is C13H16BrN3O2. The smallest absolute Gasteiger partial charge is 0.281 e. The van der Waals surface area contributed by atoms with E-state index in [1.54, 1.807) is 7.05 Å². The molecule has 0 bridgehead atoms. The van der Waals surface area contributed by atoms with E-state index in [-0.39, 0.29) is 11.5 Å². The summed E-state index contributed by atoms with van der Waals surface area (Å²) in [5.74, 6) is 0.657. The van der Waals surface area contributed by atoms with Crippen LogP contribution >= 0.6 is 15.9 Å². The highest BCUT2D eigenvalue weighted by Gasteiger charge is 2.22. The van der Waals surface area contributed by atoms with Crippen molar-refractivity contribution < 1.29 is 0 Å². The number of halogens is 1. The Bertz CT molecular complexity index is 669. The van der Waals surface area contributed by atoms with Gasteiger partial charge in [0, 0.05) is 13.0 Å². The predicted molar refractivity (Wildman–Crippen MR) is 79.6 cm³/mol. The fourth-order valence-corrected chi connectivity index (χ4v) is 2.82. The van der Waals surface area contributed by atoms with Crippen molar-refractivity contribution >= 4 is 26.4 Å². The molecule has 0 amide bonds. The molecule has 0 aliphatic carbocycles. The van der Waals surface area contributed by atoms with Gasteiger partial charge in [-0.05, 0) is 42.1 Å². The lowest BCUT2D eigenvalue weighted by atomic mass is 9.96. The van der Waals surface area contributed by atoms with Crippen molar-refractivity contribution in [3.05, 3.63) is 38.6 Å². The number of aliphatic imine (C=N–C) groups is 1. The molecule has 0 spiro atoms. The molecule has 1 aromatic rings. The zero-order valence-corrected chi connectivity index (χ0v) is 12.6. The van der Waals surface area contributed by atoms with Crippen LogP contribution in [0, 0.1) is 5.92 Å². The molecule has 0 saturated carbocycles. The summed E-state index contributed by atoms with van der Waals surface area (Å²) < 4.78 is 2.15. The lowest BCUT2D eigenvalue weighted by Crippen LogP contribution is -2.30. The number of hydrogen-bond acceptors (Lipinski definition) is 3. The van der Waals surface area contributed by atoms with Crippen LogP contribution in [-0.2, 0) is 13.5 Å². The van der Waals surface area contributed by atoms with E-state index in [1.165, 1.54) is 4.57 Å². The Morgan fingerprint density at radius 1 is 1.58 bits per heavy atom. The maximum absolute atomic E-state index is 11.9.